The van der Waals surface area contributed by atoms with Crippen molar-refractivity contribution in [3.05, 3.63) is 60.3 Å². The van der Waals surface area contributed by atoms with E-state index in [1.165, 1.54) is 12.5 Å². The zero-order chi connectivity index (χ0) is 17.6. The summed E-state index contributed by atoms with van der Waals surface area (Å²) in [5, 5.41) is 6.60. The minimum Gasteiger partial charge on any atom is -0.348 e. The van der Waals surface area contributed by atoms with Crippen molar-refractivity contribution in [3.8, 4) is 0 Å². The van der Waals surface area contributed by atoms with Gasteiger partial charge < -0.3 is 14.7 Å². The fourth-order valence-electron chi connectivity index (χ4n) is 2.91. The van der Waals surface area contributed by atoms with Gasteiger partial charge in [0.1, 0.15) is 0 Å². The molecule has 130 valence electrons. The summed E-state index contributed by atoms with van der Waals surface area (Å²) in [6.07, 6.45) is 4.23. The summed E-state index contributed by atoms with van der Waals surface area (Å²) in [7, 11) is 0. The largest absolute Gasteiger partial charge is 0.348 e. The molecule has 0 radical (unpaired) electrons. The Morgan fingerprint density at radius 1 is 1.28 bits per heavy atom. The summed E-state index contributed by atoms with van der Waals surface area (Å²) in [6.45, 7) is 5.17. The molecule has 0 unspecified atom stereocenters. The molecule has 0 saturated carbocycles. The first kappa shape index (κ1) is 16.9. The van der Waals surface area contributed by atoms with E-state index >= 15 is 0 Å². The highest BCUT2D eigenvalue weighted by Gasteiger charge is 2.26. The van der Waals surface area contributed by atoms with Crippen LogP contribution in [0.5, 0.6) is 0 Å². The average molecular weight is 340 g/mol. The maximum Gasteiger partial charge on any atom is 0.253 e. The van der Waals surface area contributed by atoms with Gasteiger partial charge in [-0.2, -0.15) is 4.98 Å². The Labute approximate surface area is 145 Å². The number of nitrogens with zero attached hydrogens (tertiary/aromatic N) is 3. The summed E-state index contributed by atoms with van der Waals surface area (Å²) in [5.74, 6) is 0.773. The molecule has 25 heavy (non-hydrogen) atoms. The number of hydrogen-bond acceptors (Lipinski definition) is 5. The molecular formula is C18H20N4O3. The summed E-state index contributed by atoms with van der Waals surface area (Å²) in [4.78, 5) is 29.7. The minimum atomic E-state index is -0.218. The van der Waals surface area contributed by atoms with Crippen molar-refractivity contribution < 1.29 is 14.1 Å². The lowest BCUT2D eigenvalue weighted by Gasteiger charge is -2.30. The third-order valence-corrected chi connectivity index (χ3v) is 4.38. The van der Waals surface area contributed by atoms with Crippen molar-refractivity contribution in [2.45, 2.75) is 25.3 Å². The van der Waals surface area contributed by atoms with Gasteiger partial charge in [0.25, 0.3) is 5.91 Å². The van der Waals surface area contributed by atoms with Crippen molar-refractivity contribution in [2.75, 3.05) is 13.1 Å². The smallest absolute Gasteiger partial charge is 0.253 e. The molecule has 1 saturated heterocycles. The molecule has 0 bridgehead atoms. The first-order valence-corrected chi connectivity index (χ1v) is 8.22. The van der Waals surface area contributed by atoms with Crippen LogP contribution in [0, 0.1) is 0 Å². The van der Waals surface area contributed by atoms with Crippen LogP contribution in [0.3, 0.4) is 0 Å². The summed E-state index contributed by atoms with van der Waals surface area (Å²) < 4.78 is 4.79. The third-order valence-electron chi connectivity index (χ3n) is 4.38. The quantitative estimate of drug-likeness (QED) is 0.840. The van der Waals surface area contributed by atoms with Crippen LogP contribution in [0.1, 0.15) is 40.5 Å². The van der Waals surface area contributed by atoms with E-state index in [0.717, 1.165) is 24.2 Å². The highest BCUT2D eigenvalue weighted by atomic mass is 16.5. The van der Waals surface area contributed by atoms with Crippen LogP contribution in [-0.4, -0.2) is 39.9 Å². The third kappa shape index (κ3) is 4.12. The zero-order valence-electron chi connectivity index (χ0n) is 13.9. The number of benzene rings is 1. The standard InChI is InChI=1S/C18H20N4O3/c1-2-16(23)19-11-13-3-5-15(6-4-13)18(24)22-9-7-14(8-10-22)17-20-12-25-21-17/h2-6,12,14H,1,7-11H2,(H,19,23). The lowest BCUT2D eigenvalue weighted by molar-refractivity contribution is -0.116. The SMILES string of the molecule is C=CC(=O)NCc1ccc(C(=O)N2CCC(c3ncon3)CC2)cc1. The van der Waals surface area contributed by atoms with Gasteiger partial charge in [-0.25, -0.2) is 0 Å². The van der Waals surface area contributed by atoms with Gasteiger partial charge in [-0.15, -0.1) is 0 Å². The van der Waals surface area contributed by atoms with Crippen LogP contribution in [0.25, 0.3) is 0 Å². The minimum absolute atomic E-state index is 0.0215. The van der Waals surface area contributed by atoms with Crippen LogP contribution in [0.2, 0.25) is 0 Å². The molecule has 3 rings (SSSR count). The Morgan fingerprint density at radius 2 is 2.00 bits per heavy atom. The van der Waals surface area contributed by atoms with E-state index in [1.54, 1.807) is 12.1 Å². The Kier molecular flexibility index (Phi) is 5.23. The van der Waals surface area contributed by atoms with Crippen molar-refractivity contribution in [3.63, 3.8) is 0 Å². The number of aromatic nitrogens is 2. The molecule has 0 atom stereocenters. The summed E-state index contributed by atoms with van der Waals surface area (Å²) >= 11 is 0. The lowest BCUT2D eigenvalue weighted by Crippen LogP contribution is -2.38. The van der Waals surface area contributed by atoms with Gasteiger partial charge in [-0.1, -0.05) is 23.9 Å². The summed E-state index contributed by atoms with van der Waals surface area (Å²) in [5.41, 5.74) is 1.58. The fraction of sp³-hybridized carbons (Fsp3) is 0.333. The Balaban J connectivity index is 1.54. The van der Waals surface area contributed by atoms with Crippen LogP contribution < -0.4 is 5.32 Å². The number of carbonyl (C=O) groups excluding carboxylic acids is 2. The number of carbonyl (C=O) groups is 2. The monoisotopic (exact) mass is 340 g/mol. The van der Waals surface area contributed by atoms with E-state index in [4.69, 9.17) is 4.52 Å². The van der Waals surface area contributed by atoms with Gasteiger partial charge in [0, 0.05) is 31.1 Å². The average Bonchev–Trinajstić information content (AvgIpc) is 3.21. The topological polar surface area (TPSA) is 88.3 Å². The molecule has 2 amide bonds. The number of rotatable bonds is 5. The molecule has 1 aliphatic rings. The number of hydrogen-bond donors (Lipinski definition) is 1. The molecule has 0 spiro atoms. The molecule has 2 heterocycles. The molecular weight excluding hydrogens is 320 g/mol. The fourth-order valence-corrected chi connectivity index (χ4v) is 2.91. The molecule has 1 aliphatic heterocycles. The van der Waals surface area contributed by atoms with Gasteiger partial charge >= 0.3 is 0 Å². The van der Waals surface area contributed by atoms with Crippen LogP contribution in [0.4, 0.5) is 0 Å². The predicted molar refractivity (Wildman–Crippen MR) is 90.7 cm³/mol. The van der Waals surface area contributed by atoms with E-state index in [1.807, 2.05) is 17.0 Å². The summed E-state index contributed by atoms with van der Waals surface area (Å²) in [6, 6.07) is 7.29. The Bertz CT molecular complexity index is 732. The number of likely N-dealkylation sites (tertiary alicyclic amines) is 1. The molecule has 0 aliphatic carbocycles. The molecule has 1 aromatic heterocycles. The second-order valence-electron chi connectivity index (χ2n) is 5.97. The maximum atomic E-state index is 12.6. The second-order valence-corrected chi connectivity index (χ2v) is 5.97. The molecule has 7 nitrogen and oxygen atoms in total. The number of piperidine rings is 1. The van der Waals surface area contributed by atoms with E-state index in [2.05, 4.69) is 22.0 Å². The van der Waals surface area contributed by atoms with Crippen molar-refractivity contribution in [1.29, 1.82) is 0 Å². The highest BCUT2D eigenvalue weighted by Crippen LogP contribution is 2.26. The van der Waals surface area contributed by atoms with Crippen LogP contribution in [-0.2, 0) is 11.3 Å². The van der Waals surface area contributed by atoms with Crippen molar-refractivity contribution >= 4 is 11.8 Å². The van der Waals surface area contributed by atoms with Gasteiger partial charge in [0.05, 0.1) is 0 Å². The molecule has 7 heteroatoms. The lowest BCUT2D eigenvalue weighted by atomic mass is 9.95. The van der Waals surface area contributed by atoms with Crippen LogP contribution >= 0.6 is 0 Å². The van der Waals surface area contributed by atoms with Gasteiger partial charge in [-0.05, 0) is 36.6 Å². The maximum absolute atomic E-state index is 12.6. The first-order valence-electron chi connectivity index (χ1n) is 8.22. The molecule has 1 fully saturated rings. The Hall–Kier alpha value is -2.96. The predicted octanol–water partition coefficient (Wildman–Crippen LogP) is 1.89. The van der Waals surface area contributed by atoms with Gasteiger partial charge in [0.15, 0.2) is 5.82 Å². The molecule has 1 aromatic carbocycles. The van der Waals surface area contributed by atoms with E-state index in [-0.39, 0.29) is 17.7 Å². The van der Waals surface area contributed by atoms with Crippen molar-refractivity contribution in [1.82, 2.24) is 20.4 Å². The zero-order valence-corrected chi connectivity index (χ0v) is 13.9. The molecule has 2 aromatic rings. The second kappa shape index (κ2) is 7.74. The normalized spacial score (nSPS) is 15.0. The first-order chi connectivity index (χ1) is 12.2. The number of nitrogens with one attached hydrogen (secondary N) is 1. The highest BCUT2D eigenvalue weighted by molar-refractivity contribution is 5.94. The van der Waals surface area contributed by atoms with Gasteiger partial charge in [0.2, 0.25) is 12.3 Å². The van der Waals surface area contributed by atoms with Crippen LogP contribution in [0.15, 0.2) is 47.8 Å². The van der Waals surface area contributed by atoms with E-state index in [9.17, 15) is 9.59 Å². The number of amides is 2. The van der Waals surface area contributed by atoms with E-state index < -0.39 is 0 Å². The van der Waals surface area contributed by atoms with E-state index in [0.29, 0.717) is 25.2 Å². The Morgan fingerprint density at radius 3 is 2.60 bits per heavy atom. The molecule has 1 N–H and O–H groups in total. The van der Waals surface area contributed by atoms with Gasteiger partial charge in [-0.3, -0.25) is 9.59 Å². The van der Waals surface area contributed by atoms with Crippen molar-refractivity contribution in [2.24, 2.45) is 0 Å².